The fraction of sp³-hybridized carbons (Fsp3) is 0.400. The molecule has 4 heteroatoms. The molecule has 1 heterocycles. The lowest BCUT2D eigenvalue weighted by Crippen LogP contribution is -2.11. The van der Waals surface area contributed by atoms with E-state index >= 15 is 0 Å². The van der Waals surface area contributed by atoms with Gasteiger partial charge in [-0.2, -0.15) is 0 Å². The van der Waals surface area contributed by atoms with E-state index in [9.17, 15) is 0 Å². The van der Waals surface area contributed by atoms with Crippen LogP contribution in [0.15, 0.2) is 24.4 Å². The Balaban J connectivity index is 2.53. The summed E-state index contributed by atoms with van der Waals surface area (Å²) in [4.78, 5) is 7.49. The van der Waals surface area contributed by atoms with Crippen LogP contribution in [0.25, 0.3) is 11.3 Å². The summed E-state index contributed by atoms with van der Waals surface area (Å²) in [5.41, 5.74) is 3.35. The van der Waals surface area contributed by atoms with E-state index < -0.39 is 0 Å². The molecule has 0 radical (unpaired) electrons. The molecule has 0 atom stereocenters. The van der Waals surface area contributed by atoms with E-state index in [1.54, 1.807) is 7.11 Å². The third-order valence-corrected chi connectivity index (χ3v) is 3.17. The molecule has 0 bridgehead atoms. The van der Waals surface area contributed by atoms with Crippen molar-refractivity contribution in [2.45, 2.75) is 26.2 Å². The fourth-order valence-electron chi connectivity index (χ4n) is 1.97. The molecule has 0 aliphatic rings. The molecule has 0 saturated heterocycles. The van der Waals surface area contributed by atoms with Crippen molar-refractivity contribution in [3.8, 4) is 17.0 Å². The van der Waals surface area contributed by atoms with Crippen LogP contribution in [0.1, 0.15) is 26.3 Å². The third-order valence-electron chi connectivity index (χ3n) is 3.17. The minimum absolute atomic E-state index is 0.104. The van der Waals surface area contributed by atoms with E-state index in [0.717, 1.165) is 23.0 Å². The Morgan fingerprint density at radius 1 is 1.26 bits per heavy atom. The van der Waals surface area contributed by atoms with Gasteiger partial charge in [0.15, 0.2) is 5.95 Å². The summed E-state index contributed by atoms with van der Waals surface area (Å²) >= 11 is 0. The lowest BCUT2D eigenvalue weighted by atomic mass is 9.86. The fourth-order valence-corrected chi connectivity index (χ4v) is 1.97. The highest BCUT2D eigenvalue weighted by Gasteiger charge is 2.17. The zero-order valence-corrected chi connectivity index (χ0v) is 12.2. The summed E-state index contributed by atoms with van der Waals surface area (Å²) < 4.78 is 5.44. The molecule has 0 fully saturated rings. The van der Waals surface area contributed by atoms with Crippen molar-refractivity contribution in [2.75, 3.05) is 19.5 Å². The van der Waals surface area contributed by atoms with Crippen LogP contribution in [-0.2, 0) is 5.41 Å². The number of nitrogens with one attached hydrogen (secondary N) is 2. The monoisotopic (exact) mass is 259 g/mol. The van der Waals surface area contributed by atoms with Gasteiger partial charge in [-0.25, -0.2) is 4.98 Å². The third kappa shape index (κ3) is 2.72. The molecule has 0 spiro atoms. The van der Waals surface area contributed by atoms with E-state index in [1.807, 2.05) is 19.3 Å². The van der Waals surface area contributed by atoms with E-state index in [1.165, 1.54) is 5.56 Å². The van der Waals surface area contributed by atoms with Crippen molar-refractivity contribution >= 4 is 5.95 Å². The smallest absolute Gasteiger partial charge is 0.200 e. The topological polar surface area (TPSA) is 49.9 Å². The number of hydrogen-bond acceptors (Lipinski definition) is 3. The highest BCUT2D eigenvalue weighted by Crippen LogP contribution is 2.34. The molecule has 4 nitrogen and oxygen atoms in total. The summed E-state index contributed by atoms with van der Waals surface area (Å²) in [5.74, 6) is 1.59. The molecule has 1 aromatic heterocycles. The van der Waals surface area contributed by atoms with E-state index in [4.69, 9.17) is 4.74 Å². The van der Waals surface area contributed by atoms with Gasteiger partial charge < -0.3 is 15.0 Å². The molecule has 19 heavy (non-hydrogen) atoms. The average Bonchev–Trinajstić information content (AvgIpc) is 2.85. The predicted molar refractivity (Wildman–Crippen MR) is 78.8 cm³/mol. The van der Waals surface area contributed by atoms with Crippen molar-refractivity contribution in [1.29, 1.82) is 0 Å². The summed E-state index contributed by atoms with van der Waals surface area (Å²) in [6.07, 6.45) is 1.82. The Hall–Kier alpha value is -1.97. The molecule has 2 aromatic rings. The number of H-pyrrole nitrogens is 1. The minimum atomic E-state index is 0.104. The molecule has 0 saturated carbocycles. The number of nitrogens with zero attached hydrogens (tertiary/aromatic N) is 1. The zero-order valence-electron chi connectivity index (χ0n) is 12.2. The van der Waals surface area contributed by atoms with Crippen molar-refractivity contribution in [1.82, 2.24) is 9.97 Å². The van der Waals surface area contributed by atoms with Gasteiger partial charge in [0.05, 0.1) is 19.0 Å². The van der Waals surface area contributed by atoms with Crippen LogP contribution < -0.4 is 10.1 Å². The molecule has 1 aromatic carbocycles. The maximum absolute atomic E-state index is 5.44. The number of aromatic amines is 1. The van der Waals surface area contributed by atoms with Crippen LogP contribution in [0.2, 0.25) is 0 Å². The van der Waals surface area contributed by atoms with Crippen molar-refractivity contribution in [2.24, 2.45) is 0 Å². The molecular formula is C15H21N3O. The first-order valence-electron chi connectivity index (χ1n) is 6.37. The molecule has 0 aliphatic carbocycles. The number of aromatic nitrogens is 2. The van der Waals surface area contributed by atoms with Crippen LogP contribution in [-0.4, -0.2) is 24.1 Å². The number of rotatable bonds is 3. The molecule has 0 amide bonds. The van der Waals surface area contributed by atoms with Crippen LogP contribution >= 0.6 is 0 Å². The van der Waals surface area contributed by atoms with E-state index in [0.29, 0.717) is 0 Å². The van der Waals surface area contributed by atoms with E-state index in [-0.39, 0.29) is 5.41 Å². The lowest BCUT2D eigenvalue weighted by molar-refractivity contribution is 0.415. The second-order valence-corrected chi connectivity index (χ2v) is 5.56. The second-order valence-electron chi connectivity index (χ2n) is 5.56. The SMILES string of the molecule is CNc1ncc(-c2cc(C(C)(C)C)ccc2OC)[nH]1. The standard InChI is InChI=1S/C15H21N3O/c1-15(2,3)10-6-7-13(19-5)11(8-10)12-9-17-14(16-4)18-12/h6-9H,1-5H3,(H2,16,17,18). The second kappa shape index (κ2) is 4.96. The van der Waals surface area contributed by atoms with Crippen molar-refractivity contribution in [3.05, 3.63) is 30.0 Å². The zero-order chi connectivity index (χ0) is 14.0. The first-order valence-corrected chi connectivity index (χ1v) is 6.37. The van der Waals surface area contributed by atoms with Crippen molar-refractivity contribution < 1.29 is 4.74 Å². The molecule has 0 aliphatic heterocycles. The van der Waals surface area contributed by atoms with Crippen LogP contribution in [0.4, 0.5) is 5.95 Å². The number of imidazole rings is 1. The molecular weight excluding hydrogens is 238 g/mol. The Kier molecular flexibility index (Phi) is 3.51. The minimum Gasteiger partial charge on any atom is -0.496 e. The summed E-state index contributed by atoms with van der Waals surface area (Å²) in [7, 11) is 3.52. The molecule has 102 valence electrons. The number of methoxy groups -OCH3 is 1. The Bertz CT molecular complexity index is 567. The van der Waals surface area contributed by atoms with Gasteiger partial charge in [-0.3, -0.25) is 0 Å². The normalized spacial score (nSPS) is 11.4. The van der Waals surface area contributed by atoms with E-state index in [2.05, 4.69) is 48.2 Å². The first kappa shape index (κ1) is 13.5. The number of benzene rings is 1. The predicted octanol–water partition coefficient (Wildman–Crippen LogP) is 3.42. The Labute approximate surface area is 114 Å². The van der Waals surface area contributed by atoms with Gasteiger partial charge in [-0.15, -0.1) is 0 Å². The lowest BCUT2D eigenvalue weighted by Gasteiger charge is -2.20. The Morgan fingerprint density at radius 2 is 2.00 bits per heavy atom. The number of ether oxygens (including phenoxy) is 1. The molecule has 0 unspecified atom stereocenters. The van der Waals surface area contributed by atoms with Crippen molar-refractivity contribution in [3.63, 3.8) is 0 Å². The summed E-state index contributed by atoms with van der Waals surface area (Å²) in [6.45, 7) is 6.60. The highest BCUT2D eigenvalue weighted by molar-refractivity contribution is 5.69. The van der Waals surface area contributed by atoms with Crippen LogP contribution in [0.5, 0.6) is 5.75 Å². The van der Waals surface area contributed by atoms with Gasteiger partial charge in [0, 0.05) is 12.6 Å². The first-order chi connectivity index (χ1) is 8.95. The van der Waals surface area contributed by atoms with Gasteiger partial charge in [0.25, 0.3) is 0 Å². The Morgan fingerprint density at radius 3 is 2.53 bits per heavy atom. The van der Waals surface area contributed by atoms with Gasteiger partial charge in [0.1, 0.15) is 5.75 Å². The van der Waals surface area contributed by atoms with Gasteiger partial charge in [-0.1, -0.05) is 26.8 Å². The average molecular weight is 259 g/mol. The maximum atomic E-state index is 5.44. The van der Waals surface area contributed by atoms with Crippen LogP contribution in [0.3, 0.4) is 0 Å². The van der Waals surface area contributed by atoms with Gasteiger partial charge in [-0.05, 0) is 23.1 Å². The molecule has 2 rings (SSSR count). The maximum Gasteiger partial charge on any atom is 0.200 e. The number of anilines is 1. The summed E-state index contributed by atoms with van der Waals surface area (Å²) in [6, 6.07) is 6.28. The highest BCUT2D eigenvalue weighted by atomic mass is 16.5. The number of hydrogen-bond donors (Lipinski definition) is 2. The molecule has 2 N–H and O–H groups in total. The largest absolute Gasteiger partial charge is 0.496 e. The van der Waals surface area contributed by atoms with Gasteiger partial charge >= 0.3 is 0 Å². The van der Waals surface area contributed by atoms with Crippen LogP contribution in [0, 0.1) is 0 Å². The quantitative estimate of drug-likeness (QED) is 0.888. The summed E-state index contributed by atoms with van der Waals surface area (Å²) in [5, 5.41) is 2.99. The van der Waals surface area contributed by atoms with Gasteiger partial charge in [0.2, 0.25) is 0 Å².